The molecule has 0 aliphatic carbocycles. The number of hydrogen-bond acceptors (Lipinski definition) is 4. The zero-order valence-corrected chi connectivity index (χ0v) is 10.8. The summed E-state index contributed by atoms with van der Waals surface area (Å²) >= 11 is 0. The van der Waals surface area contributed by atoms with E-state index >= 15 is 0 Å². The standard InChI is InChI=1S/C12H23NO4/c1-4-8(2)11(7-14)13-12(17)6-10(16)5-9(3)15/h8,10-11,14,16H,4-7H2,1-3H3,(H,13,17). The van der Waals surface area contributed by atoms with Crippen LogP contribution in [-0.2, 0) is 9.59 Å². The van der Waals surface area contributed by atoms with Crippen LogP contribution < -0.4 is 5.32 Å². The first-order valence-corrected chi connectivity index (χ1v) is 5.98. The van der Waals surface area contributed by atoms with E-state index in [9.17, 15) is 14.7 Å². The third kappa shape index (κ3) is 7.07. The van der Waals surface area contributed by atoms with Crippen molar-refractivity contribution >= 4 is 11.7 Å². The van der Waals surface area contributed by atoms with E-state index in [0.29, 0.717) is 0 Å². The molecule has 1 amide bonds. The first-order chi connectivity index (χ1) is 7.90. The van der Waals surface area contributed by atoms with Gasteiger partial charge >= 0.3 is 0 Å². The van der Waals surface area contributed by atoms with Crippen LogP contribution in [0, 0.1) is 5.92 Å². The summed E-state index contributed by atoms with van der Waals surface area (Å²) in [5.41, 5.74) is 0. The molecule has 0 bridgehead atoms. The molecular formula is C12H23NO4. The molecule has 5 nitrogen and oxygen atoms in total. The van der Waals surface area contributed by atoms with Gasteiger partial charge in [-0.25, -0.2) is 0 Å². The average molecular weight is 245 g/mol. The molecule has 0 aromatic carbocycles. The number of aliphatic hydroxyl groups is 2. The van der Waals surface area contributed by atoms with Gasteiger partial charge in [0, 0.05) is 6.42 Å². The quantitative estimate of drug-likeness (QED) is 0.571. The zero-order chi connectivity index (χ0) is 13.4. The Balaban J connectivity index is 4.10. The third-order valence-corrected chi connectivity index (χ3v) is 2.82. The molecule has 3 atom stereocenters. The van der Waals surface area contributed by atoms with Crippen LogP contribution >= 0.6 is 0 Å². The van der Waals surface area contributed by atoms with E-state index in [-0.39, 0.29) is 43.1 Å². The van der Waals surface area contributed by atoms with E-state index < -0.39 is 6.10 Å². The predicted octanol–water partition coefficient (Wildman–Crippen LogP) is 0.240. The molecule has 0 aliphatic heterocycles. The van der Waals surface area contributed by atoms with Gasteiger partial charge in [0.1, 0.15) is 5.78 Å². The molecule has 0 aromatic rings. The number of hydrogen-bond donors (Lipinski definition) is 3. The fourth-order valence-corrected chi connectivity index (χ4v) is 1.54. The normalized spacial score (nSPS) is 16.1. The van der Waals surface area contributed by atoms with Crippen LogP contribution in [0.3, 0.4) is 0 Å². The second-order valence-electron chi connectivity index (χ2n) is 4.51. The molecule has 3 unspecified atom stereocenters. The molecule has 0 aliphatic rings. The number of carbonyl (C=O) groups is 2. The Morgan fingerprint density at radius 3 is 2.29 bits per heavy atom. The minimum absolute atomic E-state index is 0.0134. The van der Waals surface area contributed by atoms with Crippen LogP contribution in [0.5, 0.6) is 0 Å². The molecule has 3 N–H and O–H groups in total. The zero-order valence-electron chi connectivity index (χ0n) is 10.8. The molecule has 100 valence electrons. The van der Waals surface area contributed by atoms with Gasteiger partial charge in [-0.15, -0.1) is 0 Å². The Morgan fingerprint density at radius 2 is 1.88 bits per heavy atom. The molecular weight excluding hydrogens is 222 g/mol. The van der Waals surface area contributed by atoms with Gasteiger partial charge in [-0.1, -0.05) is 20.3 Å². The van der Waals surface area contributed by atoms with E-state index in [2.05, 4.69) is 5.32 Å². The largest absolute Gasteiger partial charge is 0.394 e. The second-order valence-corrected chi connectivity index (χ2v) is 4.51. The van der Waals surface area contributed by atoms with E-state index in [0.717, 1.165) is 6.42 Å². The number of aliphatic hydroxyl groups excluding tert-OH is 2. The Kier molecular flexibility index (Phi) is 7.74. The lowest BCUT2D eigenvalue weighted by atomic mass is 9.99. The number of Topliss-reactive ketones (excluding diaryl/α,β-unsaturated/α-hetero) is 1. The predicted molar refractivity (Wildman–Crippen MR) is 64.4 cm³/mol. The van der Waals surface area contributed by atoms with Crippen molar-refractivity contribution in [2.24, 2.45) is 5.92 Å². The average Bonchev–Trinajstić information content (AvgIpc) is 2.23. The van der Waals surface area contributed by atoms with E-state index in [1.807, 2.05) is 13.8 Å². The van der Waals surface area contributed by atoms with E-state index in [1.165, 1.54) is 6.92 Å². The van der Waals surface area contributed by atoms with E-state index in [1.54, 1.807) is 0 Å². The van der Waals surface area contributed by atoms with Crippen molar-refractivity contribution in [3.05, 3.63) is 0 Å². The van der Waals surface area contributed by atoms with Gasteiger partial charge in [0.2, 0.25) is 5.91 Å². The molecule has 5 heteroatoms. The highest BCUT2D eigenvalue weighted by Crippen LogP contribution is 2.08. The molecule has 0 saturated carbocycles. The fraction of sp³-hybridized carbons (Fsp3) is 0.833. The van der Waals surface area contributed by atoms with Gasteiger partial charge in [0.25, 0.3) is 0 Å². The van der Waals surface area contributed by atoms with Crippen LogP contribution in [0.1, 0.15) is 40.0 Å². The van der Waals surface area contributed by atoms with Crippen molar-refractivity contribution in [3.63, 3.8) is 0 Å². The van der Waals surface area contributed by atoms with Crippen LogP contribution in [0.25, 0.3) is 0 Å². The van der Waals surface area contributed by atoms with E-state index in [4.69, 9.17) is 5.11 Å². The number of nitrogens with one attached hydrogen (secondary N) is 1. The summed E-state index contributed by atoms with van der Waals surface area (Å²) in [5, 5.41) is 21.2. The minimum Gasteiger partial charge on any atom is -0.394 e. The van der Waals surface area contributed by atoms with Crippen LogP contribution in [0.4, 0.5) is 0 Å². The lowest BCUT2D eigenvalue weighted by Crippen LogP contribution is -2.43. The molecule has 17 heavy (non-hydrogen) atoms. The fourth-order valence-electron chi connectivity index (χ4n) is 1.54. The minimum atomic E-state index is -0.941. The summed E-state index contributed by atoms with van der Waals surface area (Å²) in [6.45, 7) is 5.16. The third-order valence-electron chi connectivity index (χ3n) is 2.82. The first-order valence-electron chi connectivity index (χ1n) is 5.98. The van der Waals surface area contributed by atoms with Gasteiger partial charge in [-0.3, -0.25) is 9.59 Å². The number of rotatable bonds is 8. The maximum atomic E-state index is 11.5. The maximum absolute atomic E-state index is 11.5. The Hall–Kier alpha value is -0.940. The van der Waals surface area contributed by atoms with Crippen molar-refractivity contribution < 1.29 is 19.8 Å². The van der Waals surface area contributed by atoms with Crippen LogP contribution in [0.2, 0.25) is 0 Å². The topological polar surface area (TPSA) is 86.6 Å². The molecule has 0 aromatic heterocycles. The van der Waals surface area contributed by atoms with Crippen molar-refractivity contribution in [2.75, 3.05) is 6.61 Å². The van der Waals surface area contributed by atoms with Crippen LogP contribution in [-0.4, -0.2) is 40.7 Å². The number of amides is 1. The monoisotopic (exact) mass is 245 g/mol. The lowest BCUT2D eigenvalue weighted by Gasteiger charge is -2.22. The van der Waals surface area contributed by atoms with Gasteiger partial charge in [-0.05, 0) is 12.8 Å². The summed E-state index contributed by atoms with van der Waals surface area (Å²) in [6.07, 6.45) is -0.210. The number of ketones is 1. The van der Waals surface area contributed by atoms with Gasteiger partial charge < -0.3 is 15.5 Å². The SMILES string of the molecule is CCC(C)C(CO)NC(=O)CC(O)CC(C)=O. The lowest BCUT2D eigenvalue weighted by molar-refractivity contribution is -0.125. The van der Waals surface area contributed by atoms with Crippen molar-refractivity contribution in [3.8, 4) is 0 Å². The summed E-state index contributed by atoms with van der Waals surface area (Å²) < 4.78 is 0. The maximum Gasteiger partial charge on any atom is 0.222 e. The Bertz CT molecular complexity index is 255. The summed E-state index contributed by atoms with van der Waals surface area (Å²) in [6, 6.07) is -0.294. The summed E-state index contributed by atoms with van der Waals surface area (Å²) in [5.74, 6) is -0.307. The second kappa shape index (κ2) is 8.20. The number of carbonyl (C=O) groups excluding carboxylic acids is 2. The highest BCUT2D eigenvalue weighted by atomic mass is 16.3. The molecule has 0 rings (SSSR count). The molecule has 0 spiro atoms. The highest BCUT2D eigenvalue weighted by molar-refractivity contribution is 5.79. The van der Waals surface area contributed by atoms with Crippen LogP contribution in [0.15, 0.2) is 0 Å². The molecule has 0 fully saturated rings. The van der Waals surface area contributed by atoms with Crippen molar-refractivity contribution in [2.45, 2.75) is 52.2 Å². The van der Waals surface area contributed by atoms with Crippen molar-refractivity contribution in [1.29, 1.82) is 0 Å². The molecule has 0 heterocycles. The highest BCUT2D eigenvalue weighted by Gasteiger charge is 2.19. The molecule has 0 radical (unpaired) electrons. The van der Waals surface area contributed by atoms with Crippen molar-refractivity contribution in [1.82, 2.24) is 5.32 Å². The Morgan fingerprint density at radius 1 is 1.29 bits per heavy atom. The van der Waals surface area contributed by atoms with Gasteiger partial charge in [0.05, 0.1) is 25.2 Å². The molecule has 0 saturated heterocycles. The smallest absolute Gasteiger partial charge is 0.222 e. The summed E-state index contributed by atoms with van der Waals surface area (Å²) in [4.78, 5) is 22.3. The Labute approximate surface area is 102 Å². The van der Waals surface area contributed by atoms with Gasteiger partial charge in [-0.2, -0.15) is 0 Å². The first kappa shape index (κ1) is 16.1. The summed E-state index contributed by atoms with van der Waals surface area (Å²) in [7, 11) is 0. The van der Waals surface area contributed by atoms with Gasteiger partial charge in [0.15, 0.2) is 0 Å².